The molecule has 0 aliphatic carbocycles. The number of rotatable bonds is 6. The maximum absolute atomic E-state index is 11.9. The van der Waals surface area contributed by atoms with E-state index in [9.17, 15) is 9.59 Å². The minimum atomic E-state index is -1.17. The smallest absolute Gasteiger partial charge is 0.327 e. The van der Waals surface area contributed by atoms with Gasteiger partial charge in [0.2, 0.25) is 0 Å². The lowest BCUT2D eigenvalue weighted by Crippen LogP contribution is -2.46. The average molecular weight is 275 g/mol. The van der Waals surface area contributed by atoms with Crippen molar-refractivity contribution < 1.29 is 19.4 Å². The number of aliphatic carboxylic acids is 1. The summed E-state index contributed by atoms with van der Waals surface area (Å²) in [5, 5.41) is 11.3. The van der Waals surface area contributed by atoms with E-state index in [1.807, 2.05) is 19.1 Å². The Hall–Kier alpha value is -2.48. The second-order valence-corrected chi connectivity index (χ2v) is 4.38. The van der Waals surface area contributed by atoms with E-state index in [0.717, 1.165) is 5.56 Å². The van der Waals surface area contributed by atoms with Crippen LogP contribution in [0.4, 0.5) is 0 Å². The monoisotopic (exact) mass is 275 g/mol. The summed E-state index contributed by atoms with van der Waals surface area (Å²) >= 11 is 0. The van der Waals surface area contributed by atoms with Crippen molar-refractivity contribution in [3.05, 3.63) is 29.8 Å². The molecule has 106 valence electrons. The van der Waals surface area contributed by atoms with Gasteiger partial charge in [0, 0.05) is 6.42 Å². The number of terminal acetylenes is 1. The molecule has 0 heterocycles. The number of ether oxygens (including phenoxy) is 1. The van der Waals surface area contributed by atoms with Crippen LogP contribution in [0.3, 0.4) is 0 Å². The Balaban J connectivity index is 2.63. The Morgan fingerprint density at radius 2 is 2.20 bits per heavy atom. The van der Waals surface area contributed by atoms with Crippen molar-refractivity contribution in [2.24, 2.45) is 0 Å². The molecule has 0 saturated carbocycles. The van der Waals surface area contributed by atoms with E-state index in [4.69, 9.17) is 16.3 Å². The molecule has 2 atom stereocenters. The van der Waals surface area contributed by atoms with Gasteiger partial charge in [0.05, 0.1) is 0 Å². The fraction of sp³-hybridized carbons (Fsp3) is 0.333. The minimum Gasteiger partial charge on any atom is -0.481 e. The molecule has 1 rings (SSSR count). The van der Waals surface area contributed by atoms with Crippen molar-refractivity contribution in [3.63, 3.8) is 0 Å². The van der Waals surface area contributed by atoms with Crippen molar-refractivity contribution >= 4 is 11.9 Å². The van der Waals surface area contributed by atoms with Crippen molar-refractivity contribution in [1.29, 1.82) is 0 Å². The highest BCUT2D eigenvalue weighted by Gasteiger charge is 2.23. The zero-order valence-electron chi connectivity index (χ0n) is 11.4. The number of nitrogens with one attached hydrogen (secondary N) is 1. The van der Waals surface area contributed by atoms with Gasteiger partial charge in [-0.1, -0.05) is 12.1 Å². The Labute approximate surface area is 117 Å². The van der Waals surface area contributed by atoms with Crippen LogP contribution in [0.15, 0.2) is 24.3 Å². The van der Waals surface area contributed by atoms with Gasteiger partial charge >= 0.3 is 5.97 Å². The first-order chi connectivity index (χ1) is 9.43. The molecule has 0 aliphatic rings. The largest absolute Gasteiger partial charge is 0.481 e. The van der Waals surface area contributed by atoms with Crippen molar-refractivity contribution in [1.82, 2.24) is 5.32 Å². The van der Waals surface area contributed by atoms with Crippen LogP contribution in [-0.4, -0.2) is 29.1 Å². The first-order valence-electron chi connectivity index (χ1n) is 6.14. The number of aryl methyl sites for hydroxylation is 1. The van der Waals surface area contributed by atoms with Crippen LogP contribution in [0.2, 0.25) is 0 Å². The maximum atomic E-state index is 11.9. The number of hydrogen-bond donors (Lipinski definition) is 2. The van der Waals surface area contributed by atoms with Crippen LogP contribution in [0, 0.1) is 19.3 Å². The van der Waals surface area contributed by atoms with Crippen molar-refractivity contribution in [2.75, 3.05) is 0 Å². The third-order valence-corrected chi connectivity index (χ3v) is 2.61. The lowest BCUT2D eigenvalue weighted by molar-refractivity contribution is -0.142. The maximum Gasteiger partial charge on any atom is 0.327 e. The topological polar surface area (TPSA) is 75.6 Å². The van der Waals surface area contributed by atoms with Crippen LogP contribution >= 0.6 is 0 Å². The van der Waals surface area contributed by atoms with Crippen molar-refractivity contribution in [2.45, 2.75) is 32.4 Å². The zero-order valence-corrected chi connectivity index (χ0v) is 11.4. The SMILES string of the molecule is C#CCC(NC(=O)C(C)Oc1cccc(C)c1)C(=O)O. The molecule has 5 heteroatoms. The predicted octanol–water partition coefficient (Wildman–Crippen LogP) is 1.36. The number of benzene rings is 1. The van der Waals surface area contributed by atoms with Crippen LogP contribution < -0.4 is 10.1 Å². The highest BCUT2D eigenvalue weighted by atomic mass is 16.5. The molecule has 1 amide bonds. The summed E-state index contributed by atoms with van der Waals surface area (Å²) in [6.45, 7) is 3.46. The molecule has 0 aliphatic heterocycles. The van der Waals surface area contributed by atoms with Gasteiger partial charge in [-0.15, -0.1) is 12.3 Å². The highest BCUT2D eigenvalue weighted by molar-refractivity contribution is 5.86. The van der Waals surface area contributed by atoms with Gasteiger partial charge in [-0.3, -0.25) is 4.79 Å². The van der Waals surface area contributed by atoms with E-state index in [1.165, 1.54) is 0 Å². The summed E-state index contributed by atoms with van der Waals surface area (Å²) in [5.74, 6) is 1.08. The van der Waals surface area contributed by atoms with Crippen LogP contribution in [0.5, 0.6) is 5.75 Å². The third-order valence-electron chi connectivity index (χ3n) is 2.61. The zero-order chi connectivity index (χ0) is 15.1. The van der Waals surface area contributed by atoms with Crippen LogP contribution in [0.25, 0.3) is 0 Å². The summed E-state index contributed by atoms with van der Waals surface area (Å²) in [5.41, 5.74) is 1.01. The fourth-order valence-corrected chi connectivity index (χ4v) is 1.55. The fourth-order valence-electron chi connectivity index (χ4n) is 1.55. The second-order valence-electron chi connectivity index (χ2n) is 4.38. The summed E-state index contributed by atoms with van der Waals surface area (Å²) in [4.78, 5) is 22.8. The van der Waals surface area contributed by atoms with Gasteiger partial charge in [-0.2, -0.15) is 0 Å². The molecule has 0 radical (unpaired) electrons. The first kappa shape index (κ1) is 15.6. The second kappa shape index (κ2) is 7.19. The van der Waals surface area contributed by atoms with E-state index in [0.29, 0.717) is 5.75 Å². The summed E-state index contributed by atoms with van der Waals surface area (Å²) in [7, 11) is 0. The van der Waals surface area contributed by atoms with E-state index in [-0.39, 0.29) is 6.42 Å². The number of hydrogen-bond acceptors (Lipinski definition) is 3. The number of carboxylic acids is 1. The number of amides is 1. The molecule has 1 aromatic rings. The Morgan fingerprint density at radius 1 is 1.50 bits per heavy atom. The van der Waals surface area contributed by atoms with Gasteiger partial charge in [-0.05, 0) is 31.5 Å². The summed E-state index contributed by atoms with van der Waals surface area (Å²) in [6.07, 6.45) is 4.18. The van der Waals surface area contributed by atoms with Gasteiger partial charge in [-0.25, -0.2) is 4.79 Å². The lowest BCUT2D eigenvalue weighted by atomic mass is 10.2. The molecule has 2 unspecified atom stereocenters. The number of carbonyl (C=O) groups excluding carboxylic acids is 1. The number of carbonyl (C=O) groups is 2. The molecule has 0 spiro atoms. The number of carboxylic acid groups (broad SMARTS) is 1. The molecule has 20 heavy (non-hydrogen) atoms. The molecule has 0 aromatic heterocycles. The highest BCUT2D eigenvalue weighted by Crippen LogP contribution is 2.14. The predicted molar refractivity (Wildman–Crippen MR) is 74.3 cm³/mol. The van der Waals surface area contributed by atoms with E-state index < -0.39 is 24.0 Å². The average Bonchev–Trinajstić information content (AvgIpc) is 2.37. The van der Waals surface area contributed by atoms with E-state index in [1.54, 1.807) is 19.1 Å². The molecular formula is C15H17NO4. The summed E-state index contributed by atoms with van der Waals surface area (Å²) in [6, 6.07) is 6.14. The van der Waals surface area contributed by atoms with E-state index in [2.05, 4.69) is 11.2 Å². The van der Waals surface area contributed by atoms with Gasteiger partial charge in [0.1, 0.15) is 11.8 Å². The Kier molecular flexibility index (Phi) is 5.60. The van der Waals surface area contributed by atoms with Crippen molar-refractivity contribution in [3.8, 4) is 18.1 Å². The molecule has 1 aromatic carbocycles. The molecule has 0 fully saturated rings. The van der Waals surface area contributed by atoms with E-state index >= 15 is 0 Å². The van der Waals surface area contributed by atoms with Crippen LogP contribution in [0.1, 0.15) is 18.9 Å². The standard InChI is InChI=1S/C15H17NO4/c1-4-6-13(15(18)19)16-14(17)11(3)20-12-8-5-7-10(2)9-12/h1,5,7-9,11,13H,6H2,2-3H3,(H,16,17)(H,18,19). The van der Waals surface area contributed by atoms with Gasteiger partial charge in [0.15, 0.2) is 6.10 Å². The third kappa shape index (κ3) is 4.65. The van der Waals surface area contributed by atoms with Gasteiger partial charge < -0.3 is 15.2 Å². The molecule has 0 bridgehead atoms. The molecular weight excluding hydrogens is 258 g/mol. The summed E-state index contributed by atoms with van der Waals surface area (Å²) < 4.78 is 5.46. The molecule has 0 saturated heterocycles. The Morgan fingerprint density at radius 3 is 2.75 bits per heavy atom. The Bertz CT molecular complexity index is 533. The quantitative estimate of drug-likeness (QED) is 0.769. The first-order valence-corrected chi connectivity index (χ1v) is 6.14. The van der Waals surface area contributed by atoms with Crippen LogP contribution in [-0.2, 0) is 9.59 Å². The lowest BCUT2D eigenvalue weighted by Gasteiger charge is -2.17. The normalized spacial score (nSPS) is 12.8. The van der Waals surface area contributed by atoms with Gasteiger partial charge in [0.25, 0.3) is 5.91 Å². The molecule has 2 N–H and O–H groups in total. The minimum absolute atomic E-state index is 0.0712. The molecule has 5 nitrogen and oxygen atoms in total.